The van der Waals surface area contributed by atoms with Gasteiger partial charge in [-0.3, -0.25) is 0 Å². The molecule has 0 aliphatic rings. The fourth-order valence-electron chi connectivity index (χ4n) is 2.39. The molecule has 2 heteroatoms. The molecule has 3 aromatic rings. The van der Waals surface area contributed by atoms with Crippen LogP contribution in [0.15, 0.2) is 48.5 Å². The van der Waals surface area contributed by atoms with Crippen molar-refractivity contribution >= 4 is 39.3 Å². The summed E-state index contributed by atoms with van der Waals surface area (Å²) in [5.41, 5.74) is 3.73. The third-order valence-corrected chi connectivity index (χ3v) is 4.76. The zero-order valence-electron chi connectivity index (χ0n) is 11.7. The number of benzene rings is 2. The molecule has 100 valence electrons. The normalized spacial score (nSPS) is 11.3. The van der Waals surface area contributed by atoms with E-state index in [1.54, 1.807) is 0 Å². The number of hydrogen-bond acceptors (Lipinski definition) is 2. The third-order valence-electron chi connectivity index (χ3n) is 3.52. The van der Waals surface area contributed by atoms with Gasteiger partial charge in [-0.2, -0.15) is 0 Å². The van der Waals surface area contributed by atoms with Gasteiger partial charge in [-0.1, -0.05) is 42.5 Å². The fourth-order valence-corrected chi connectivity index (χ4v) is 3.50. The summed E-state index contributed by atoms with van der Waals surface area (Å²) in [7, 11) is 1.96. The van der Waals surface area contributed by atoms with Crippen LogP contribution in [0.4, 0.5) is 5.69 Å². The van der Waals surface area contributed by atoms with Crippen LogP contribution in [0.25, 0.3) is 22.2 Å². The Morgan fingerprint density at radius 3 is 2.50 bits per heavy atom. The van der Waals surface area contributed by atoms with Crippen LogP contribution in [0.5, 0.6) is 0 Å². The van der Waals surface area contributed by atoms with Crippen LogP contribution in [-0.2, 0) is 0 Å². The monoisotopic (exact) mass is 279 g/mol. The molecular weight excluding hydrogens is 262 g/mol. The molecule has 0 aliphatic heterocycles. The molecule has 2 aromatic carbocycles. The van der Waals surface area contributed by atoms with Crippen LogP contribution in [0, 0.1) is 6.92 Å². The Morgan fingerprint density at radius 2 is 1.70 bits per heavy atom. The van der Waals surface area contributed by atoms with E-state index in [4.69, 9.17) is 0 Å². The Balaban J connectivity index is 2.00. The quantitative estimate of drug-likeness (QED) is 0.675. The minimum absolute atomic E-state index is 1.16. The maximum atomic E-state index is 3.23. The average molecular weight is 279 g/mol. The smallest absolute Gasteiger partial charge is 0.0411 e. The predicted octanol–water partition coefficient (Wildman–Crippen LogP) is 5.42. The van der Waals surface area contributed by atoms with Gasteiger partial charge in [0.05, 0.1) is 0 Å². The van der Waals surface area contributed by atoms with Crippen molar-refractivity contribution in [3.8, 4) is 0 Å². The molecule has 0 radical (unpaired) electrons. The molecular formula is C18H17NS. The van der Waals surface area contributed by atoms with Crippen LogP contribution in [-0.4, -0.2) is 7.05 Å². The predicted molar refractivity (Wildman–Crippen MR) is 91.5 cm³/mol. The van der Waals surface area contributed by atoms with Crippen LogP contribution in [0.2, 0.25) is 0 Å². The zero-order chi connectivity index (χ0) is 13.9. The molecule has 0 atom stereocenters. The Hall–Kier alpha value is -2.06. The van der Waals surface area contributed by atoms with Gasteiger partial charge in [0.15, 0.2) is 0 Å². The van der Waals surface area contributed by atoms with E-state index in [1.807, 2.05) is 24.5 Å². The summed E-state index contributed by atoms with van der Waals surface area (Å²) in [6.07, 6.45) is 4.40. The molecule has 0 saturated heterocycles. The molecule has 0 fully saturated rings. The Labute approximate surface area is 123 Å². The first-order valence-electron chi connectivity index (χ1n) is 6.72. The Kier molecular flexibility index (Phi) is 3.57. The van der Waals surface area contributed by atoms with Gasteiger partial charge >= 0.3 is 0 Å². The van der Waals surface area contributed by atoms with Crippen molar-refractivity contribution in [3.05, 3.63) is 64.5 Å². The lowest BCUT2D eigenvalue weighted by Gasteiger charge is -2.03. The molecule has 0 bridgehead atoms. The second-order valence-electron chi connectivity index (χ2n) is 4.76. The minimum Gasteiger partial charge on any atom is -0.388 e. The summed E-state index contributed by atoms with van der Waals surface area (Å²) in [5.74, 6) is 0. The molecule has 0 spiro atoms. The number of thiophene rings is 1. The minimum atomic E-state index is 1.16. The SMILES string of the molecule is CNc1ccccc1/C=C/c1sc2ccccc2c1C. The lowest BCUT2D eigenvalue weighted by Crippen LogP contribution is -1.89. The van der Waals surface area contributed by atoms with E-state index in [0.717, 1.165) is 5.69 Å². The highest BCUT2D eigenvalue weighted by Gasteiger charge is 2.05. The summed E-state index contributed by atoms with van der Waals surface area (Å²) >= 11 is 1.85. The lowest BCUT2D eigenvalue weighted by atomic mass is 10.1. The third kappa shape index (κ3) is 2.35. The van der Waals surface area contributed by atoms with Gasteiger partial charge in [0.1, 0.15) is 0 Å². The van der Waals surface area contributed by atoms with Crippen LogP contribution < -0.4 is 5.32 Å². The summed E-state index contributed by atoms with van der Waals surface area (Å²) in [6.45, 7) is 2.20. The zero-order valence-corrected chi connectivity index (χ0v) is 12.5. The van der Waals surface area contributed by atoms with Crippen molar-refractivity contribution in [2.75, 3.05) is 12.4 Å². The van der Waals surface area contributed by atoms with Crippen LogP contribution >= 0.6 is 11.3 Å². The molecule has 20 heavy (non-hydrogen) atoms. The number of aryl methyl sites for hydroxylation is 1. The fraction of sp³-hybridized carbons (Fsp3) is 0.111. The van der Waals surface area contributed by atoms with Gasteiger partial charge < -0.3 is 5.32 Å². The van der Waals surface area contributed by atoms with Gasteiger partial charge in [-0.25, -0.2) is 0 Å². The van der Waals surface area contributed by atoms with E-state index in [0.29, 0.717) is 0 Å². The molecule has 1 aromatic heterocycles. The van der Waals surface area contributed by atoms with E-state index in [9.17, 15) is 0 Å². The highest BCUT2D eigenvalue weighted by molar-refractivity contribution is 7.20. The molecule has 0 unspecified atom stereocenters. The van der Waals surface area contributed by atoms with Crippen LogP contribution in [0.1, 0.15) is 16.0 Å². The van der Waals surface area contributed by atoms with Gasteiger partial charge in [-0.15, -0.1) is 11.3 Å². The Bertz CT molecular complexity index is 768. The lowest BCUT2D eigenvalue weighted by molar-refractivity contribution is 1.49. The second-order valence-corrected chi connectivity index (χ2v) is 5.84. The van der Waals surface area contributed by atoms with E-state index in [1.165, 1.54) is 26.1 Å². The molecule has 0 saturated carbocycles. The highest BCUT2D eigenvalue weighted by Crippen LogP contribution is 2.32. The van der Waals surface area contributed by atoms with Gasteiger partial charge in [0, 0.05) is 22.3 Å². The van der Waals surface area contributed by atoms with E-state index >= 15 is 0 Å². The molecule has 0 aliphatic carbocycles. The molecule has 1 N–H and O–H groups in total. The first kappa shape index (κ1) is 12.9. The van der Waals surface area contributed by atoms with Gasteiger partial charge in [0.25, 0.3) is 0 Å². The highest BCUT2D eigenvalue weighted by atomic mass is 32.1. The number of para-hydroxylation sites is 1. The number of nitrogens with one attached hydrogen (secondary N) is 1. The molecule has 0 amide bonds. The van der Waals surface area contributed by atoms with E-state index < -0.39 is 0 Å². The van der Waals surface area contributed by atoms with Gasteiger partial charge in [0.2, 0.25) is 0 Å². The van der Waals surface area contributed by atoms with Crippen molar-refractivity contribution in [1.29, 1.82) is 0 Å². The van der Waals surface area contributed by atoms with E-state index in [-0.39, 0.29) is 0 Å². The maximum Gasteiger partial charge on any atom is 0.0411 e. The van der Waals surface area contributed by atoms with Crippen molar-refractivity contribution in [2.24, 2.45) is 0 Å². The average Bonchev–Trinajstić information content (AvgIpc) is 2.82. The Morgan fingerprint density at radius 1 is 0.950 bits per heavy atom. The molecule has 3 rings (SSSR count). The standard InChI is InChI=1S/C18H17NS/c1-13-15-8-4-6-10-18(15)20-17(13)12-11-14-7-3-5-9-16(14)19-2/h3-12,19H,1-2H3/b12-11+. The summed E-state index contributed by atoms with van der Waals surface area (Å²) in [5, 5.41) is 4.59. The van der Waals surface area contributed by atoms with Crippen molar-refractivity contribution in [2.45, 2.75) is 6.92 Å². The first-order valence-corrected chi connectivity index (χ1v) is 7.54. The number of rotatable bonds is 3. The van der Waals surface area contributed by atoms with Gasteiger partial charge in [-0.05, 0) is 41.6 Å². The second kappa shape index (κ2) is 5.51. The number of anilines is 1. The van der Waals surface area contributed by atoms with Crippen molar-refractivity contribution < 1.29 is 0 Å². The largest absolute Gasteiger partial charge is 0.388 e. The van der Waals surface area contributed by atoms with Crippen molar-refractivity contribution in [3.63, 3.8) is 0 Å². The summed E-state index contributed by atoms with van der Waals surface area (Å²) < 4.78 is 1.35. The van der Waals surface area contributed by atoms with E-state index in [2.05, 4.69) is 66.9 Å². The molecule has 1 heterocycles. The van der Waals surface area contributed by atoms with Crippen molar-refractivity contribution in [1.82, 2.24) is 0 Å². The summed E-state index contributed by atoms with van der Waals surface area (Å²) in [4.78, 5) is 1.33. The first-order chi connectivity index (χ1) is 9.79. The summed E-state index contributed by atoms with van der Waals surface area (Å²) in [6, 6.07) is 16.9. The maximum absolute atomic E-state index is 3.23. The number of fused-ring (bicyclic) bond motifs is 1. The topological polar surface area (TPSA) is 12.0 Å². The number of hydrogen-bond donors (Lipinski definition) is 1. The van der Waals surface area contributed by atoms with Crippen LogP contribution in [0.3, 0.4) is 0 Å². The molecule has 1 nitrogen and oxygen atoms in total.